The Morgan fingerprint density at radius 2 is 1.77 bits per heavy atom. The minimum Gasteiger partial charge on any atom is -0.488 e. The van der Waals surface area contributed by atoms with E-state index in [4.69, 9.17) is 9.47 Å². The lowest BCUT2D eigenvalue weighted by Crippen LogP contribution is -2.42. The molecule has 0 spiro atoms. The van der Waals surface area contributed by atoms with Crippen molar-refractivity contribution in [2.24, 2.45) is 4.99 Å². The highest BCUT2D eigenvalue weighted by Crippen LogP contribution is 2.27. The smallest absolute Gasteiger partial charge is 0.191 e. The molecular weight excluding hydrogens is 491 g/mol. The number of nitrogens with zero attached hydrogens (tertiary/aromatic N) is 2. The highest BCUT2D eigenvalue weighted by molar-refractivity contribution is 14.0. The molecular formula is C23H31IN4O2. The molecule has 162 valence electrons. The zero-order valence-electron chi connectivity index (χ0n) is 17.5. The first-order valence-electron chi connectivity index (χ1n) is 10.4. The van der Waals surface area contributed by atoms with E-state index in [0.717, 1.165) is 64.1 Å². The van der Waals surface area contributed by atoms with Crippen LogP contribution in [0.4, 0.5) is 0 Å². The summed E-state index contributed by atoms with van der Waals surface area (Å²) in [5.74, 6) is 1.80. The summed E-state index contributed by atoms with van der Waals surface area (Å²) in [5, 5.41) is 6.85. The second kappa shape index (κ2) is 11.5. The van der Waals surface area contributed by atoms with E-state index in [0.29, 0.717) is 0 Å². The van der Waals surface area contributed by atoms with Gasteiger partial charge in [0, 0.05) is 39.6 Å². The molecule has 4 rings (SSSR count). The third-order valence-electron chi connectivity index (χ3n) is 5.50. The van der Waals surface area contributed by atoms with Gasteiger partial charge < -0.3 is 20.1 Å². The Balaban J connectivity index is 0.00000256. The molecule has 2 aliphatic rings. The summed E-state index contributed by atoms with van der Waals surface area (Å²) in [6, 6.07) is 16.9. The van der Waals surface area contributed by atoms with E-state index in [2.05, 4.69) is 56.9 Å². The predicted octanol–water partition coefficient (Wildman–Crippen LogP) is 2.81. The summed E-state index contributed by atoms with van der Waals surface area (Å²) in [7, 11) is 1.80. The van der Waals surface area contributed by atoms with E-state index in [1.54, 1.807) is 7.05 Å². The van der Waals surface area contributed by atoms with E-state index in [9.17, 15) is 0 Å². The Morgan fingerprint density at radius 1 is 1.03 bits per heavy atom. The van der Waals surface area contributed by atoms with Crippen LogP contribution in [-0.2, 0) is 24.2 Å². The number of fused-ring (bicyclic) bond motifs is 1. The van der Waals surface area contributed by atoms with Gasteiger partial charge in [0.25, 0.3) is 0 Å². The lowest BCUT2D eigenvalue weighted by Gasteiger charge is -2.27. The number of morpholine rings is 1. The fourth-order valence-corrected chi connectivity index (χ4v) is 3.86. The molecule has 2 heterocycles. The van der Waals surface area contributed by atoms with Crippen LogP contribution in [0.1, 0.15) is 16.7 Å². The van der Waals surface area contributed by atoms with Gasteiger partial charge in [-0.1, -0.05) is 42.5 Å². The molecule has 0 radical (unpaired) electrons. The topological polar surface area (TPSA) is 58.1 Å². The van der Waals surface area contributed by atoms with Crippen molar-refractivity contribution in [1.82, 2.24) is 15.5 Å². The van der Waals surface area contributed by atoms with E-state index in [-0.39, 0.29) is 30.1 Å². The Labute approximate surface area is 196 Å². The predicted molar refractivity (Wildman–Crippen MR) is 131 cm³/mol. The average molecular weight is 522 g/mol. The Bertz CT molecular complexity index is 814. The molecule has 2 aromatic rings. The molecule has 30 heavy (non-hydrogen) atoms. The van der Waals surface area contributed by atoms with Gasteiger partial charge in [0.05, 0.1) is 19.8 Å². The second-order valence-corrected chi connectivity index (χ2v) is 7.52. The summed E-state index contributed by atoms with van der Waals surface area (Å²) in [6.45, 7) is 6.06. The summed E-state index contributed by atoms with van der Waals surface area (Å²) in [4.78, 5) is 6.82. The van der Waals surface area contributed by atoms with Gasteiger partial charge in [-0.15, -0.1) is 24.0 Å². The standard InChI is InChI=1S/C23H30N4O2.HI/c1-24-23(26-16-21-14-18-6-4-5-9-22(18)29-21)25-15-19-7-2-3-8-20(19)17-27-10-12-28-13-11-27;/h2-9,21H,10-17H2,1H3,(H2,24,25,26);1H. The van der Waals surface area contributed by atoms with Crippen molar-refractivity contribution >= 4 is 29.9 Å². The summed E-state index contributed by atoms with van der Waals surface area (Å²) >= 11 is 0. The van der Waals surface area contributed by atoms with Crippen molar-refractivity contribution in [1.29, 1.82) is 0 Å². The third-order valence-corrected chi connectivity index (χ3v) is 5.50. The minimum atomic E-state index is 0. The van der Waals surface area contributed by atoms with E-state index >= 15 is 0 Å². The van der Waals surface area contributed by atoms with E-state index < -0.39 is 0 Å². The Hall–Kier alpha value is -1.84. The number of benzene rings is 2. The largest absolute Gasteiger partial charge is 0.488 e. The first kappa shape index (κ1) is 22.8. The van der Waals surface area contributed by atoms with Gasteiger partial charge >= 0.3 is 0 Å². The van der Waals surface area contributed by atoms with Crippen LogP contribution in [-0.4, -0.2) is 56.9 Å². The molecule has 0 saturated carbocycles. The van der Waals surface area contributed by atoms with E-state index in [1.807, 2.05) is 12.1 Å². The summed E-state index contributed by atoms with van der Waals surface area (Å²) in [6.07, 6.45) is 1.07. The number of para-hydroxylation sites is 1. The quantitative estimate of drug-likeness (QED) is 0.347. The maximum absolute atomic E-state index is 6.01. The number of hydrogen-bond acceptors (Lipinski definition) is 4. The fraction of sp³-hybridized carbons (Fsp3) is 0.435. The number of rotatable bonds is 6. The van der Waals surface area contributed by atoms with Crippen LogP contribution in [0.3, 0.4) is 0 Å². The van der Waals surface area contributed by atoms with Crippen LogP contribution in [0.2, 0.25) is 0 Å². The molecule has 1 atom stereocenters. The van der Waals surface area contributed by atoms with Crippen molar-refractivity contribution in [3.8, 4) is 5.75 Å². The number of ether oxygens (including phenoxy) is 2. The maximum Gasteiger partial charge on any atom is 0.191 e. The molecule has 7 heteroatoms. The monoisotopic (exact) mass is 522 g/mol. The van der Waals surface area contributed by atoms with Crippen molar-refractivity contribution in [2.45, 2.75) is 25.6 Å². The molecule has 1 fully saturated rings. The fourth-order valence-electron chi connectivity index (χ4n) is 3.86. The second-order valence-electron chi connectivity index (χ2n) is 7.52. The van der Waals surface area contributed by atoms with Crippen LogP contribution in [0.15, 0.2) is 53.5 Å². The molecule has 0 aliphatic carbocycles. The van der Waals surface area contributed by atoms with Crippen molar-refractivity contribution in [2.75, 3.05) is 39.9 Å². The van der Waals surface area contributed by atoms with Gasteiger partial charge in [-0.25, -0.2) is 0 Å². The van der Waals surface area contributed by atoms with Crippen LogP contribution in [0.5, 0.6) is 5.75 Å². The van der Waals surface area contributed by atoms with Gasteiger partial charge in [-0.05, 0) is 22.8 Å². The van der Waals surface area contributed by atoms with Gasteiger partial charge in [-0.3, -0.25) is 9.89 Å². The summed E-state index contributed by atoms with van der Waals surface area (Å²) < 4.78 is 11.5. The SMILES string of the molecule is CN=C(NCc1ccccc1CN1CCOCC1)NCC1Cc2ccccc2O1.I. The van der Waals surface area contributed by atoms with Crippen LogP contribution in [0.25, 0.3) is 0 Å². The Kier molecular flexibility index (Phi) is 8.77. The van der Waals surface area contributed by atoms with Gasteiger partial charge in [0.1, 0.15) is 11.9 Å². The molecule has 1 unspecified atom stereocenters. The van der Waals surface area contributed by atoms with Crippen LogP contribution >= 0.6 is 24.0 Å². The lowest BCUT2D eigenvalue weighted by molar-refractivity contribution is 0.0341. The lowest BCUT2D eigenvalue weighted by atomic mass is 10.1. The first-order valence-corrected chi connectivity index (χ1v) is 10.4. The zero-order chi connectivity index (χ0) is 19.9. The molecule has 1 saturated heterocycles. The van der Waals surface area contributed by atoms with Gasteiger partial charge in [0.2, 0.25) is 0 Å². The maximum atomic E-state index is 6.01. The number of aliphatic imine (C=N–C) groups is 1. The highest BCUT2D eigenvalue weighted by Gasteiger charge is 2.22. The molecule has 0 bridgehead atoms. The molecule has 0 amide bonds. The van der Waals surface area contributed by atoms with Crippen molar-refractivity contribution in [3.05, 3.63) is 65.2 Å². The highest BCUT2D eigenvalue weighted by atomic mass is 127. The zero-order valence-corrected chi connectivity index (χ0v) is 19.8. The van der Waals surface area contributed by atoms with Crippen molar-refractivity contribution < 1.29 is 9.47 Å². The number of nitrogens with one attached hydrogen (secondary N) is 2. The molecule has 6 nitrogen and oxygen atoms in total. The molecule has 2 aromatic carbocycles. The number of halogens is 1. The first-order chi connectivity index (χ1) is 14.3. The molecule has 2 N–H and O–H groups in total. The summed E-state index contributed by atoms with van der Waals surface area (Å²) in [5.41, 5.74) is 3.93. The number of guanidine groups is 1. The van der Waals surface area contributed by atoms with Gasteiger partial charge in [0.15, 0.2) is 5.96 Å². The third kappa shape index (κ3) is 6.09. The van der Waals surface area contributed by atoms with Gasteiger partial charge in [-0.2, -0.15) is 0 Å². The molecule has 0 aromatic heterocycles. The van der Waals surface area contributed by atoms with E-state index in [1.165, 1.54) is 16.7 Å². The Morgan fingerprint density at radius 3 is 2.53 bits per heavy atom. The van der Waals surface area contributed by atoms with Crippen LogP contribution < -0.4 is 15.4 Å². The molecule has 2 aliphatic heterocycles. The average Bonchev–Trinajstić information content (AvgIpc) is 3.18. The minimum absolute atomic E-state index is 0. The van der Waals surface area contributed by atoms with Crippen LogP contribution in [0, 0.1) is 0 Å². The normalized spacial score (nSPS) is 18.8. The number of hydrogen-bond donors (Lipinski definition) is 2. The van der Waals surface area contributed by atoms with Crippen molar-refractivity contribution in [3.63, 3.8) is 0 Å².